The van der Waals surface area contributed by atoms with Gasteiger partial charge in [0.15, 0.2) is 11.5 Å². The number of aliphatic hydroxyl groups is 1. The van der Waals surface area contributed by atoms with Gasteiger partial charge in [0.1, 0.15) is 13.2 Å². The van der Waals surface area contributed by atoms with Crippen LogP contribution in [0.3, 0.4) is 0 Å². The molecule has 1 aromatic rings. The molecule has 0 saturated heterocycles. The molecule has 1 aliphatic heterocycles. The summed E-state index contributed by atoms with van der Waals surface area (Å²) in [5.41, 5.74) is 0.823. The first-order chi connectivity index (χ1) is 8.72. The van der Waals surface area contributed by atoms with E-state index in [1.165, 1.54) is 0 Å². The number of rotatable bonds is 5. The molecule has 0 bridgehead atoms. The van der Waals surface area contributed by atoms with Gasteiger partial charge in [0.2, 0.25) is 0 Å². The van der Waals surface area contributed by atoms with E-state index >= 15 is 0 Å². The molecule has 98 valence electrons. The number of aliphatic hydroxyl groups excluding tert-OH is 1. The van der Waals surface area contributed by atoms with Crippen LogP contribution in [0, 0.1) is 0 Å². The van der Waals surface area contributed by atoms with Crippen LogP contribution in [0.5, 0.6) is 11.5 Å². The van der Waals surface area contributed by atoms with E-state index in [1.54, 1.807) is 6.08 Å². The SMILES string of the molecule is C=CCNC(C)C(O)c1ccc2c(c1)OCCO2. The fourth-order valence-electron chi connectivity index (χ4n) is 1.91. The summed E-state index contributed by atoms with van der Waals surface area (Å²) in [7, 11) is 0. The lowest BCUT2D eigenvalue weighted by molar-refractivity contribution is 0.135. The quantitative estimate of drug-likeness (QED) is 0.779. The highest BCUT2D eigenvalue weighted by Crippen LogP contribution is 2.33. The van der Waals surface area contributed by atoms with E-state index in [1.807, 2.05) is 25.1 Å². The molecular formula is C14H19NO3. The largest absolute Gasteiger partial charge is 0.486 e. The van der Waals surface area contributed by atoms with Gasteiger partial charge >= 0.3 is 0 Å². The standard InChI is InChI=1S/C14H19NO3/c1-3-6-15-10(2)14(16)11-4-5-12-13(9-11)18-8-7-17-12/h3-5,9-10,14-16H,1,6-8H2,2H3. The third-order valence-corrected chi connectivity index (χ3v) is 2.97. The summed E-state index contributed by atoms with van der Waals surface area (Å²) in [6.45, 7) is 7.37. The molecule has 0 aliphatic carbocycles. The van der Waals surface area contributed by atoms with Gasteiger partial charge in [0.25, 0.3) is 0 Å². The second-order valence-corrected chi connectivity index (χ2v) is 4.33. The Morgan fingerprint density at radius 2 is 2.11 bits per heavy atom. The van der Waals surface area contributed by atoms with Crippen LogP contribution >= 0.6 is 0 Å². The van der Waals surface area contributed by atoms with Gasteiger partial charge < -0.3 is 19.9 Å². The Morgan fingerprint density at radius 1 is 1.39 bits per heavy atom. The molecule has 0 amide bonds. The monoisotopic (exact) mass is 249 g/mol. The summed E-state index contributed by atoms with van der Waals surface area (Å²) in [4.78, 5) is 0. The molecule has 2 N–H and O–H groups in total. The molecule has 2 unspecified atom stereocenters. The van der Waals surface area contributed by atoms with Crippen LogP contribution in [-0.4, -0.2) is 30.9 Å². The molecule has 0 fully saturated rings. The highest BCUT2D eigenvalue weighted by atomic mass is 16.6. The second-order valence-electron chi connectivity index (χ2n) is 4.33. The van der Waals surface area contributed by atoms with Crippen molar-refractivity contribution in [2.75, 3.05) is 19.8 Å². The lowest BCUT2D eigenvalue weighted by Gasteiger charge is -2.23. The Kier molecular flexibility index (Phi) is 4.23. The number of benzene rings is 1. The molecule has 2 rings (SSSR count). The van der Waals surface area contributed by atoms with E-state index in [0.717, 1.165) is 11.3 Å². The Bertz CT molecular complexity index is 420. The molecule has 0 radical (unpaired) electrons. The van der Waals surface area contributed by atoms with Gasteiger partial charge in [-0.25, -0.2) is 0 Å². The van der Waals surface area contributed by atoms with E-state index in [-0.39, 0.29) is 6.04 Å². The van der Waals surface area contributed by atoms with E-state index in [4.69, 9.17) is 9.47 Å². The van der Waals surface area contributed by atoms with Crippen LogP contribution in [0.2, 0.25) is 0 Å². The molecule has 1 aromatic carbocycles. The van der Waals surface area contributed by atoms with Crippen molar-refractivity contribution >= 4 is 0 Å². The molecule has 4 heteroatoms. The maximum atomic E-state index is 10.2. The molecule has 2 atom stereocenters. The molecule has 4 nitrogen and oxygen atoms in total. The highest BCUT2D eigenvalue weighted by molar-refractivity contribution is 5.44. The molecule has 0 saturated carbocycles. The van der Waals surface area contributed by atoms with E-state index < -0.39 is 6.10 Å². The summed E-state index contributed by atoms with van der Waals surface area (Å²) >= 11 is 0. The van der Waals surface area contributed by atoms with Crippen molar-refractivity contribution < 1.29 is 14.6 Å². The molecule has 1 heterocycles. The van der Waals surface area contributed by atoms with Crippen LogP contribution in [0.1, 0.15) is 18.6 Å². The molecular weight excluding hydrogens is 230 g/mol. The Balaban J connectivity index is 2.10. The van der Waals surface area contributed by atoms with E-state index in [9.17, 15) is 5.11 Å². The number of ether oxygens (including phenoxy) is 2. The van der Waals surface area contributed by atoms with Crippen molar-refractivity contribution in [3.8, 4) is 11.5 Å². The van der Waals surface area contributed by atoms with Gasteiger partial charge in [-0.15, -0.1) is 6.58 Å². The minimum Gasteiger partial charge on any atom is -0.486 e. The maximum absolute atomic E-state index is 10.2. The van der Waals surface area contributed by atoms with Crippen molar-refractivity contribution in [3.05, 3.63) is 36.4 Å². The van der Waals surface area contributed by atoms with Gasteiger partial charge in [-0.1, -0.05) is 12.1 Å². The number of hydrogen-bond acceptors (Lipinski definition) is 4. The summed E-state index contributed by atoms with van der Waals surface area (Å²) in [6.07, 6.45) is 1.19. The van der Waals surface area contributed by atoms with Crippen molar-refractivity contribution in [1.29, 1.82) is 0 Å². The van der Waals surface area contributed by atoms with Crippen molar-refractivity contribution in [3.63, 3.8) is 0 Å². The molecule has 18 heavy (non-hydrogen) atoms. The normalized spacial score (nSPS) is 17.0. The van der Waals surface area contributed by atoms with E-state index in [0.29, 0.717) is 25.5 Å². The van der Waals surface area contributed by atoms with Crippen molar-refractivity contribution in [2.45, 2.75) is 19.1 Å². The first kappa shape index (κ1) is 12.9. The lowest BCUT2D eigenvalue weighted by atomic mass is 10.0. The summed E-state index contributed by atoms with van der Waals surface area (Å²) in [5.74, 6) is 1.44. The van der Waals surface area contributed by atoms with Gasteiger partial charge in [0, 0.05) is 12.6 Å². The predicted molar refractivity (Wildman–Crippen MR) is 70.1 cm³/mol. The fraction of sp³-hybridized carbons (Fsp3) is 0.429. The number of hydrogen-bond donors (Lipinski definition) is 2. The summed E-state index contributed by atoms with van der Waals surface area (Å²) in [6, 6.07) is 5.49. The van der Waals surface area contributed by atoms with Crippen LogP contribution in [-0.2, 0) is 0 Å². The topological polar surface area (TPSA) is 50.7 Å². The second kappa shape index (κ2) is 5.89. The minimum absolute atomic E-state index is 0.0504. The van der Waals surface area contributed by atoms with Gasteiger partial charge in [0.05, 0.1) is 6.10 Å². The first-order valence-corrected chi connectivity index (χ1v) is 6.14. The van der Waals surface area contributed by atoms with Crippen molar-refractivity contribution in [2.24, 2.45) is 0 Å². The van der Waals surface area contributed by atoms with Crippen molar-refractivity contribution in [1.82, 2.24) is 5.32 Å². The molecule has 1 aliphatic rings. The fourth-order valence-corrected chi connectivity index (χ4v) is 1.91. The Morgan fingerprint density at radius 3 is 2.83 bits per heavy atom. The summed E-state index contributed by atoms with van der Waals surface area (Å²) < 4.78 is 11.0. The lowest BCUT2D eigenvalue weighted by Crippen LogP contribution is -2.32. The zero-order valence-electron chi connectivity index (χ0n) is 10.6. The van der Waals surface area contributed by atoms with Gasteiger partial charge in [-0.05, 0) is 24.6 Å². The van der Waals surface area contributed by atoms with Crippen LogP contribution in [0.25, 0.3) is 0 Å². The van der Waals surface area contributed by atoms with Crippen LogP contribution in [0.15, 0.2) is 30.9 Å². The molecule has 0 spiro atoms. The van der Waals surface area contributed by atoms with Gasteiger partial charge in [-0.3, -0.25) is 0 Å². The van der Waals surface area contributed by atoms with E-state index in [2.05, 4.69) is 11.9 Å². The zero-order valence-corrected chi connectivity index (χ0v) is 10.6. The predicted octanol–water partition coefficient (Wildman–Crippen LogP) is 1.66. The third kappa shape index (κ3) is 2.83. The zero-order chi connectivity index (χ0) is 13.0. The Labute approximate surface area is 107 Å². The third-order valence-electron chi connectivity index (χ3n) is 2.97. The molecule has 0 aromatic heterocycles. The minimum atomic E-state index is -0.583. The van der Waals surface area contributed by atoms with Crippen LogP contribution in [0.4, 0.5) is 0 Å². The Hall–Kier alpha value is -1.52. The smallest absolute Gasteiger partial charge is 0.161 e. The highest BCUT2D eigenvalue weighted by Gasteiger charge is 2.19. The average molecular weight is 249 g/mol. The number of nitrogens with one attached hydrogen (secondary N) is 1. The number of fused-ring (bicyclic) bond motifs is 1. The first-order valence-electron chi connectivity index (χ1n) is 6.14. The average Bonchev–Trinajstić information content (AvgIpc) is 2.43. The van der Waals surface area contributed by atoms with Crippen LogP contribution < -0.4 is 14.8 Å². The summed E-state index contributed by atoms with van der Waals surface area (Å²) in [5, 5.41) is 13.4. The maximum Gasteiger partial charge on any atom is 0.161 e. The van der Waals surface area contributed by atoms with Gasteiger partial charge in [-0.2, -0.15) is 0 Å².